The molecule has 0 radical (unpaired) electrons. The van der Waals surface area contributed by atoms with Crippen LogP contribution in [0.1, 0.15) is 100 Å². The van der Waals surface area contributed by atoms with E-state index in [1.54, 1.807) is 19.2 Å². The van der Waals surface area contributed by atoms with Crippen LogP contribution in [0.5, 0.6) is 0 Å². The molecule has 0 spiro atoms. The molecule has 2 N–H and O–H groups in total. The van der Waals surface area contributed by atoms with E-state index in [2.05, 4.69) is 21.5 Å². The van der Waals surface area contributed by atoms with Gasteiger partial charge in [-0.15, -0.1) is 9.24 Å². The highest BCUT2D eigenvalue weighted by Crippen LogP contribution is 2.41. The monoisotopic (exact) mass is 568 g/mol. The van der Waals surface area contributed by atoms with Crippen molar-refractivity contribution in [3.63, 3.8) is 0 Å². The summed E-state index contributed by atoms with van der Waals surface area (Å²) in [6.45, 7) is 11.8. The maximum Gasteiger partial charge on any atom is 0.336 e. The number of aryl methyl sites for hydroxylation is 2. The summed E-state index contributed by atoms with van der Waals surface area (Å²) in [6.07, 6.45) is 9.61. The van der Waals surface area contributed by atoms with Crippen LogP contribution < -0.4 is 5.32 Å². The zero-order valence-electron chi connectivity index (χ0n) is 24.9. The molecule has 1 aliphatic carbocycles. The van der Waals surface area contributed by atoms with Crippen molar-refractivity contribution >= 4 is 32.6 Å². The van der Waals surface area contributed by atoms with E-state index in [4.69, 9.17) is 4.98 Å². The lowest BCUT2D eigenvalue weighted by Crippen LogP contribution is -2.47. The SMILES string of the molecule is CCC(CC(=C(C(=O)O)c1cc(F)c(C)cc1C)c1ccc(C(CP)C(C=O)NC(C)(C)C)cn1)C1CCCC1. The Labute approximate surface area is 241 Å². The first-order valence-corrected chi connectivity index (χ1v) is 15.3. The fourth-order valence-electron chi connectivity index (χ4n) is 6.19. The zero-order chi connectivity index (χ0) is 29.6. The molecule has 1 aromatic carbocycles. The number of aldehydes is 1. The number of halogens is 1. The summed E-state index contributed by atoms with van der Waals surface area (Å²) in [4.78, 5) is 29.7. The van der Waals surface area contributed by atoms with Crippen molar-refractivity contribution in [3.8, 4) is 0 Å². The standard InChI is InChI=1S/C33H46FN2O3P/c1-7-22(23-10-8-9-11-23)15-26(31(32(38)39)25-16-28(34)21(3)14-20(25)2)29-13-12-24(17-35-29)27(19-40)30(18-37)36-33(4,5)6/h12-14,16-18,22-23,27,30,36H,7-11,15,19,40H2,1-6H3,(H,38,39). The summed E-state index contributed by atoms with van der Waals surface area (Å²) in [5, 5.41) is 13.9. The molecule has 1 fully saturated rings. The number of aliphatic carboxylic acids is 1. The molecule has 2 aromatic rings. The fourth-order valence-corrected chi connectivity index (χ4v) is 6.76. The van der Waals surface area contributed by atoms with Crippen molar-refractivity contribution in [3.05, 3.63) is 64.2 Å². The van der Waals surface area contributed by atoms with Crippen molar-refractivity contribution < 1.29 is 19.1 Å². The molecule has 7 heteroatoms. The smallest absolute Gasteiger partial charge is 0.336 e. The Morgan fingerprint density at radius 3 is 2.38 bits per heavy atom. The average Bonchev–Trinajstić information content (AvgIpc) is 3.43. The Morgan fingerprint density at radius 1 is 1.20 bits per heavy atom. The van der Waals surface area contributed by atoms with Crippen LogP contribution in [-0.2, 0) is 9.59 Å². The molecule has 1 aliphatic rings. The van der Waals surface area contributed by atoms with Crippen molar-refractivity contribution in [2.45, 2.75) is 97.6 Å². The number of allylic oxidation sites excluding steroid dienone is 1. The number of benzene rings is 1. The zero-order valence-corrected chi connectivity index (χ0v) is 26.0. The number of pyridine rings is 1. The molecule has 0 bridgehead atoms. The molecular formula is C33H46FN2O3P. The van der Waals surface area contributed by atoms with Gasteiger partial charge in [0, 0.05) is 17.7 Å². The van der Waals surface area contributed by atoms with E-state index in [1.165, 1.54) is 18.9 Å². The Bertz CT molecular complexity index is 1210. The maximum absolute atomic E-state index is 14.8. The highest BCUT2D eigenvalue weighted by Gasteiger charge is 2.30. The first-order valence-electron chi connectivity index (χ1n) is 14.5. The van der Waals surface area contributed by atoms with Crippen LogP contribution >= 0.6 is 9.24 Å². The van der Waals surface area contributed by atoms with E-state index in [0.29, 0.717) is 46.8 Å². The van der Waals surface area contributed by atoms with Gasteiger partial charge in [-0.05, 0) is 99.0 Å². The van der Waals surface area contributed by atoms with E-state index in [-0.39, 0.29) is 23.1 Å². The van der Waals surface area contributed by atoms with Crippen LogP contribution in [0.25, 0.3) is 11.1 Å². The third kappa shape index (κ3) is 7.85. The lowest BCUT2D eigenvalue weighted by Gasteiger charge is -2.30. The molecule has 5 nitrogen and oxygen atoms in total. The van der Waals surface area contributed by atoms with Crippen molar-refractivity contribution in [1.82, 2.24) is 10.3 Å². The minimum atomic E-state index is -1.08. The van der Waals surface area contributed by atoms with Gasteiger partial charge in [-0.3, -0.25) is 4.98 Å². The van der Waals surface area contributed by atoms with Crippen LogP contribution in [0.15, 0.2) is 30.5 Å². The number of nitrogens with zero attached hydrogens (tertiary/aromatic N) is 1. The molecule has 4 unspecified atom stereocenters. The van der Waals surface area contributed by atoms with E-state index in [1.807, 2.05) is 39.8 Å². The molecule has 40 heavy (non-hydrogen) atoms. The molecule has 0 amide bonds. The van der Waals surface area contributed by atoms with Crippen molar-refractivity contribution in [2.75, 3.05) is 6.16 Å². The summed E-state index contributed by atoms with van der Waals surface area (Å²) in [7, 11) is 2.73. The number of carbonyl (C=O) groups is 2. The molecule has 218 valence electrons. The highest BCUT2D eigenvalue weighted by molar-refractivity contribution is 7.16. The Kier molecular flexibility index (Phi) is 11.2. The largest absolute Gasteiger partial charge is 0.478 e. The van der Waals surface area contributed by atoms with Crippen LogP contribution in [-0.4, -0.2) is 40.1 Å². The first-order chi connectivity index (χ1) is 18.9. The van der Waals surface area contributed by atoms with Gasteiger partial charge in [0.2, 0.25) is 0 Å². The third-order valence-corrected chi connectivity index (χ3v) is 8.81. The number of hydrogen-bond acceptors (Lipinski definition) is 4. The van der Waals surface area contributed by atoms with Crippen molar-refractivity contribution in [2.24, 2.45) is 11.8 Å². The molecule has 3 rings (SSSR count). The van der Waals surface area contributed by atoms with Gasteiger partial charge in [0.25, 0.3) is 0 Å². The minimum Gasteiger partial charge on any atom is -0.478 e. The number of aromatic nitrogens is 1. The number of rotatable bonds is 12. The second kappa shape index (κ2) is 14.0. The van der Waals surface area contributed by atoms with Gasteiger partial charge < -0.3 is 15.2 Å². The quantitative estimate of drug-likeness (QED) is 0.159. The first kappa shape index (κ1) is 32.1. The van der Waals surface area contributed by atoms with Crippen LogP contribution in [0.2, 0.25) is 0 Å². The molecule has 1 heterocycles. The van der Waals surface area contributed by atoms with Gasteiger partial charge in [0.15, 0.2) is 0 Å². The molecule has 4 atom stereocenters. The van der Waals surface area contributed by atoms with Crippen LogP contribution in [0.4, 0.5) is 4.39 Å². The Morgan fingerprint density at radius 2 is 1.88 bits per heavy atom. The average molecular weight is 569 g/mol. The summed E-state index contributed by atoms with van der Waals surface area (Å²) < 4.78 is 14.8. The summed E-state index contributed by atoms with van der Waals surface area (Å²) >= 11 is 0. The summed E-state index contributed by atoms with van der Waals surface area (Å²) in [5.74, 6) is -0.737. The van der Waals surface area contributed by atoms with E-state index in [9.17, 15) is 19.1 Å². The van der Waals surface area contributed by atoms with Gasteiger partial charge in [-0.25, -0.2) is 9.18 Å². The Balaban J connectivity index is 2.15. The minimum absolute atomic E-state index is 0.107. The maximum atomic E-state index is 14.8. The van der Waals surface area contributed by atoms with Crippen LogP contribution in [0.3, 0.4) is 0 Å². The molecule has 0 aliphatic heterocycles. The van der Waals surface area contributed by atoms with Gasteiger partial charge in [-0.2, -0.15) is 0 Å². The number of hydrogen-bond donors (Lipinski definition) is 2. The predicted octanol–water partition coefficient (Wildman–Crippen LogP) is 7.35. The fraction of sp³-hybridized carbons (Fsp3) is 0.545. The second-order valence-corrected chi connectivity index (χ2v) is 12.8. The third-order valence-electron chi connectivity index (χ3n) is 8.31. The van der Waals surface area contributed by atoms with Crippen LogP contribution in [0, 0.1) is 31.5 Å². The van der Waals surface area contributed by atoms with E-state index in [0.717, 1.165) is 36.7 Å². The second-order valence-electron chi connectivity index (χ2n) is 12.4. The number of carboxylic acid groups (broad SMARTS) is 1. The van der Waals surface area contributed by atoms with Gasteiger partial charge >= 0.3 is 5.97 Å². The Hall–Kier alpha value is -2.43. The lowest BCUT2D eigenvalue weighted by atomic mass is 9.80. The number of carboxylic acids is 1. The normalized spacial score (nSPS) is 17.3. The summed E-state index contributed by atoms with van der Waals surface area (Å²) in [6, 6.07) is 6.51. The highest BCUT2D eigenvalue weighted by atomic mass is 31.0. The number of nitrogens with one attached hydrogen (secondary N) is 1. The molecule has 1 aromatic heterocycles. The van der Waals surface area contributed by atoms with Gasteiger partial charge in [0.1, 0.15) is 12.1 Å². The topological polar surface area (TPSA) is 79.3 Å². The van der Waals surface area contributed by atoms with Gasteiger partial charge in [-0.1, -0.05) is 51.2 Å². The molecule has 0 saturated heterocycles. The van der Waals surface area contributed by atoms with E-state index >= 15 is 0 Å². The molecule has 1 saturated carbocycles. The summed E-state index contributed by atoms with van der Waals surface area (Å²) in [5.41, 5.74) is 3.64. The predicted molar refractivity (Wildman–Crippen MR) is 165 cm³/mol. The lowest BCUT2D eigenvalue weighted by molar-refractivity contribution is -0.130. The van der Waals surface area contributed by atoms with E-state index < -0.39 is 11.8 Å². The van der Waals surface area contributed by atoms with Gasteiger partial charge in [0.05, 0.1) is 17.3 Å². The van der Waals surface area contributed by atoms with Crippen molar-refractivity contribution in [1.29, 1.82) is 0 Å². The number of carbonyl (C=O) groups excluding carboxylic acids is 1. The molecular weight excluding hydrogens is 522 g/mol.